The minimum atomic E-state index is -0.290. The minimum absolute atomic E-state index is 0.183. The molecule has 0 fully saturated rings. The van der Waals surface area contributed by atoms with Crippen LogP contribution in [0.2, 0.25) is 0 Å². The van der Waals surface area contributed by atoms with Crippen LogP contribution < -0.4 is 5.69 Å². The molecule has 6 heteroatoms. The van der Waals surface area contributed by atoms with E-state index in [4.69, 9.17) is 0 Å². The van der Waals surface area contributed by atoms with Crippen molar-refractivity contribution in [3.8, 4) is 0 Å². The zero-order valence-corrected chi connectivity index (χ0v) is 11.7. The summed E-state index contributed by atoms with van der Waals surface area (Å²) in [5.41, 5.74) is 1.71. The van der Waals surface area contributed by atoms with Crippen LogP contribution in [0.1, 0.15) is 35.9 Å². The number of imidazole rings is 1. The van der Waals surface area contributed by atoms with Crippen LogP contribution in [0.25, 0.3) is 11.3 Å². The van der Waals surface area contributed by atoms with Crippen molar-refractivity contribution in [3.63, 3.8) is 0 Å². The highest BCUT2D eigenvalue weighted by atomic mass is 16.1. The summed E-state index contributed by atoms with van der Waals surface area (Å²) < 4.78 is 1.52. The summed E-state index contributed by atoms with van der Waals surface area (Å²) in [6.45, 7) is 3.33. The van der Waals surface area contributed by atoms with Crippen molar-refractivity contribution in [2.75, 3.05) is 0 Å². The fourth-order valence-electron chi connectivity index (χ4n) is 2.30. The summed E-state index contributed by atoms with van der Waals surface area (Å²) in [4.78, 5) is 34.7. The van der Waals surface area contributed by atoms with E-state index in [-0.39, 0.29) is 23.2 Å². The number of nitrogens with one attached hydrogen (secondary N) is 1. The number of benzene rings is 1. The second kappa shape index (κ2) is 4.97. The van der Waals surface area contributed by atoms with Crippen molar-refractivity contribution in [1.82, 2.24) is 19.5 Å². The van der Waals surface area contributed by atoms with E-state index in [1.807, 2.05) is 37.3 Å². The summed E-state index contributed by atoms with van der Waals surface area (Å²) in [6, 6.07) is 9.43. The average Bonchev–Trinajstić information content (AvgIpc) is 2.82. The van der Waals surface area contributed by atoms with Crippen molar-refractivity contribution in [2.45, 2.75) is 19.9 Å². The molecule has 2 heterocycles. The molecular weight excluding hydrogens is 268 g/mol. The van der Waals surface area contributed by atoms with E-state index in [9.17, 15) is 9.59 Å². The second-order valence-corrected chi connectivity index (χ2v) is 4.87. The molecule has 6 nitrogen and oxygen atoms in total. The van der Waals surface area contributed by atoms with Gasteiger partial charge < -0.3 is 0 Å². The summed E-state index contributed by atoms with van der Waals surface area (Å²) in [5, 5.41) is 0. The Kier molecular flexibility index (Phi) is 3.13. The predicted molar refractivity (Wildman–Crippen MR) is 78.4 cm³/mol. The van der Waals surface area contributed by atoms with Gasteiger partial charge in [-0.1, -0.05) is 30.3 Å². The van der Waals surface area contributed by atoms with Gasteiger partial charge in [-0.05, 0) is 12.5 Å². The summed E-state index contributed by atoms with van der Waals surface area (Å²) >= 11 is 0. The molecule has 0 saturated heterocycles. The van der Waals surface area contributed by atoms with Gasteiger partial charge in [0.05, 0.1) is 12.2 Å². The average molecular weight is 282 g/mol. The Hall–Kier alpha value is -2.76. The fourth-order valence-corrected chi connectivity index (χ4v) is 2.30. The number of Topliss-reactive ketones (excluding diaryl/α,β-unsaturated/α-hetero) is 1. The highest BCUT2D eigenvalue weighted by Gasteiger charge is 2.17. The number of rotatable bonds is 3. The van der Waals surface area contributed by atoms with E-state index in [1.54, 1.807) is 0 Å². The largest absolute Gasteiger partial charge is 0.329 e. The Morgan fingerprint density at radius 2 is 2.00 bits per heavy atom. The molecule has 0 amide bonds. The molecule has 3 aromatic rings. The third-order valence-electron chi connectivity index (χ3n) is 3.46. The lowest BCUT2D eigenvalue weighted by Crippen LogP contribution is -2.21. The van der Waals surface area contributed by atoms with E-state index in [0.29, 0.717) is 11.3 Å². The third-order valence-corrected chi connectivity index (χ3v) is 3.46. The van der Waals surface area contributed by atoms with E-state index in [2.05, 4.69) is 15.0 Å². The summed E-state index contributed by atoms with van der Waals surface area (Å²) in [5.74, 6) is -0.183. The zero-order valence-electron chi connectivity index (χ0n) is 11.7. The van der Waals surface area contributed by atoms with Crippen LogP contribution in [-0.2, 0) is 0 Å². The number of aromatic nitrogens is 4. The van der Waals surface area contributed by atoms with Crippen molar-refractivity contribution >= 4 is 17.1 Å². The molecule has 0 saturated carbocycles. The van der Waals surface area contributed by atoms with Gasteiger partial charge in [0.1, 0.15) is 5.69 Å². The van der Waals surface area contributed by atoms with Crippen molar-refractivity contribution in [2.24, 2.45) is 0 Å². The van der Waals surface area contributed by atoms with Crippen LogP contribution in [0.4, 0.5) is 0 Å². The summed E-state index contributed by atoms with van der Waals surface area (Å²) in [7, 11) is 0. The maximum atomic E-state index is 12.2. The SMILES string of the molecule is CC(=O)c1cnc2[nH]c(=O)n(C(C)c3ccccc3)c2n1. The highest BCUT2D eigenvalue weighted by Crippen LogP contribution is 2.19. The van der Waals surface area contributed by atoms with Crippen LogP contribution in [0, 0.1) is 0 Å². The molecule has 1 N–H and O–H groups in total. The fraction of sp³-hybridized carbons (Fsp3) is 0.200. The Labute approximate surface area is 120 Å². The normalized spacial score (nSPS) is 12.5. The number of ketones is 1. The topological polar surface area (TPSA) is 80.6 Å². The molecule has 2 aromatic heterocycles. The first-order valence-electron chi connectivity index (χ1n) is 6.61. The van der Waals surface area contributed by atoms with Gasteiger partial charge in [-0.25, -0.2) is 14.8 Å². The van der Waals surface area contributed by atoms with E-state index < -0.39 is 0 Å². The molecule has 0 aliphatic rings. The standard InChI is InChI=1S/C15H14N4O2/c1-9(11-6-4-3-5-7-11)19-14-13(18-15(19)21)16-8-12(17-14)10(2)20/h3-9H,1-2H3,(H,16,18,21). The molecule has 0 aliphatic heterocycles. The smallest absolute Gasteiger partial charge is 0.293 e. The molecule has 21 heavy (non-hydrogen) atoms. The third kappa shape index (κ3) is 2.24. The number of hydrogen-bond acceptors (Lipinski definition) is 4. The van der Waals surface area contributed by atoms with E-state index in [0.717, 1.165) is 5.56 Å². The highest BCUT2D eigenvalue weighted by molar-refractivity contribution is 5.93. The predicted octanol–water partition coefficient (Wildman–Crippen LogP) is 1.93. The van der Waals surface area contributed by atoms with Gasteiger partial charge in [0, 0.05) is 6.92 Å². The van der Waals surface area contributed by atoms with Crippen LogP contribution in [0.3, 0.4) is 0 Å². The maximum Gasteiger partial charge on any atom is 0.329 e. The molecule has 106 valence electrons. The second-order valence-electron chi connectivity index (χ2n) is 4.87. The van der Waals surface area contributed by atoms with Gasteiger partial charge in [-0.15, -0.1) is 0 Å². The molecular formula is C15H14N4O2. The van der Waals surface area contributed by atoms with E-state index >= 15 is 0 Å². The van der Waals surface area contributed by atoms with Gasteiger partial charge in [0.15, 0.2) is 17.1 Å². The van der Waals surface area contributed by atoms with Crippen LogP contribution in [0.15, 0.2) is 41.3 Å². The van der Waals surface area contributed by atoms with Crippen LogP contribution in [-0.4, -0.2) is 25.3 Å². The molecule has 1 aromatic carbocycles. The number of fused-ring (bicyclic) bond motifs is 1. The Morgan fingerprint density at radius 3 is 2.67 bits per heavy atom. The van der Waals surface area contributed by atoms with Crippen molar-refractivity contribution < 1.29 is 4.79 Å². The van der Waals surface area contributed by atoms with E-state index in [1.165, 1.54) is 17.7 Å². The van der Waals surface area contributed by atoms with Crippen molar-refractivity contribution in [3.05, 3.63) is 58.3 Å². The Balaban J connectivity index is 2.22. The maximum absolute atomic E-state index is 12.2. The van der Waals surface area contributed by atoms with Gasteiger partial charge in [0.25, 0.3) is 0 Å². The molecule has 1 unspecified atom stereocenters. The quantitative estimate of drug-likeness (QED) is 0.744. The zero-order chi connectivity index (χ0) is 15.0. The Bertz CT molecular complexity index is 864. The molecule has 0 bridgehead atoms. The van der Waals surface area contributed by atoms with Gasteiger partial charge >= 0.3 is 5.69 Å². The lowest BCUT2D eigenvalue weighted by atomic mass is 10.1. The molecule has 0 spiro atoms. The summed E-state index contributed by atoms with van der Waals surface area (Å²) in [6.07, 6.45) is 1.37. The first-order valence-corrected chi connectivity index (χ1v) is 6.61. The minimum Gasteiger partial charge on any atom is -0.293 e. The number of H-pyrrole nitrogens is 1. The lowest BCUT2D eigenvalue weighted by molar-refractivity contribution is 0.101. The first-order chi connectivity index (χ1) is 10.1. The monoisotopic (exact) mass is 282 g/mol. The number of carbonyl (C=O) groups is 1. The first kappa shape index (κ1) is 13.2. The molecule has 0 radical (unpaired) electrons. The number of carbonyl (C=O) groups excluding carboxylic acids is 1. The molecule has 0 aliphatic carbocycles. The molecule has 1 atom stereocenters. The number of aromatic amines is 1. The number of nitrogens with zero attached hydrogens (tertiary/aromatic N) is 3. The van der Waals surface area contributed by atoms with Crippen LogP contribution in [0.5, 0.6) is 0 Å². The molecule has 3 rings (SSSR count). The number of hydrogen-bond donors (Lipinski definition) is 1. The van der Waals surface area contributed by atoms with Gasteiger partial charge in [0.2, 0.25) is 0 Å². The van der Waals surface area contributed by atoms with Gasteiger partial charge in [-0.3, -0.25) is 14.3 Å². The lowest BCUT2D eigenvalue weighted by Gasteiger charge is -2.13. The van der Waals surface area contributed by atoms with Crippen molar-refractivity contribution in [1.29, 1.82) is 0 Å². The van der Waals surface area contributed by atoms with Gasteiger partial charge in [-0.2, -0.15) is 0 Å². The van der Waals surface area contributed by atoms with Crippen LogP contribution >= 0.6 is 0 Å². The Morgan fingerprint density at radius 1 is 1.29 bits per heavy atom.